The van der Waals surface area contributed by atoms with Gasteiger partial charge in [-0.3, -0.25) is 4.98 Å². The molecule has 2 unspecified atom stereocenters. The molecule has 1 rings (SSSR count). The van der Waals surface area contributed by atoms with E-state index in [2.05, 4.69) is 14.2 Å². The molecule has 13 heavy (non-hydrogen) atoms. The van der Waals surface area contributed by atoms with Crippen LogP contribution in [0, 0.1) is 0 Å². The second-order valence-electron chi connectivity index (χ2n) is 3.06. The monoisotopic (exact) mass is 217 g/mol. The Morgan fingerprint density at radius 3 is 2.69 bits per heavy atom. The molecule has 0 fully saturated rings. The lowest BCUT2D eigenvalue weighted by Gasteiger charge is -2.12. The number of halogens is 1. The van der Waals surface area contributed by atoms with Gasteiger partial charge in [-0.2, -0.15) is 11.8 Å². The molecule has 0 aliphatic carbocycles. The fraction of sp³-hybridized carbons (Fsp3) is 0.444. The summed E-state index contributed by atoms with van der Waals surface area (Å²) >= 11 is 1.73. The Balaban J connectivity index is 2.81. The van der Waals surface area contributed by atoms with Gasteiger partial charge in [0.15, 0.2) is 5.41 Å². The van der Waals surface area contributed by atoms with Gasteiger partial charge < -0.3 is 0 Å². The summed E-state index contributed by atoms with van der Waals surface area (Å²) in [5.41, 5.74) is 1.59. The van der Waals surface area contributed by atoms with Gasteiger partial charge in [-0.05, 0) is 24.8 Å². The fourth-order valence-corrected chi connectivity index (χ4v) is 1.64. The smallest absolute Gasteiger partial charge is 0.162 e. The number of thioether (sulfide) groups is 1. The highest BCUT2D eigenvalue weighted by molar-refractivity contribution is 7.97. The SMILES string of the molecule is CSCc1ccc(C(C)(F)P)nc1. The number of aromatic nitrogens is 1. The maximum atomic E-state index is 13.3. The molecule has 2 atom stereocenters. The van der Waals surface area contributed by atoms with Gasteiger partial charge in [0.2, 0.25) is 0 Å². The summed E-state index contributed by atoms with van der Waals surface area (Å²) in [7, 11) is 2.14. The third-order valence-corrected chi connectivity index (χ3v) is 2.55. The lowest BCUT2D eigenvalue weighted by Crippen LogP contribution is -2.07. The Morgan fingerprint density at radius 1 is 1.62 bits per heavy atom. The summed E-state index contributed by atoms with van der Waals surface area (Å²) in [5, 5.41) is -1.42. The number of hydrogen-bond acceptors (Lipinski definition) is 2. The molecule has 1 aromatic heterocycles. The van der Waals surface area contributed by atoms with E-state index in [1.54, 1.807) is 24.0 Å². The molecule has 0 bridgehead atoms. The maximum Gasteiger partial charge on any atom is 0.162 e. The molecule has 0 saturated heterocycles. The van der Waals surface area contributed by atoms with Crippen molar-refractivity contribution in [2.24, 2.45) is 0 Å². The third-order valence-electron chi connectivity index (χ3n) is 1.64. The van der Waals surface area contributed by atoms with Gasteiger partial charge in [-0.15, -0.1) is 0 Å². The van der Waals surface area contributed by atoms with Crippen LogP contribution in [0.4, 0.5) is 4.39 Å². The van der Waals surface area contributed by atoms with Crippen molar-refractivity contribution in [3.8, 4) is 0 Å². The molecule has 0 amide bonds. The van der Waals surface area contributed by atoms with E-state index in [9.17, 15) is 4.39 Å². The second kappa shape index (κ2) is 4.39. The van der Waals surface area contributed by atoms with Crippen molar-refractivity contribution in [2.75, 3.05) is 6.26 Å². The Morgan fingerprint density at radius 2 is 2.31 bits per heavy atom. The first-order chi connectivity index (χ1) is 6.04. The standard InChI is InChI=1S/C9H13FNPS/c1-9(10,12)8-4-3-7(5-11-8)6-13-2/h3-5H,6,12H2,1-2H3. The number of alkyl halides is 1. The highest BCUT2D eigenvalue weighted by Gasteiger charge is 2.19. The van der Waals surface area contributed by atoms with Gasteiger partial charge in [0.05, 0.1) is 5.69 Å². The van der Waals surface area contributed by atoms with Gasteiger partial charge in [0, 0.05) is 11.9 Å². The molecular formula is C9H13FNPS. The maximum absolute atomic E-state index is 13.3. The van der Waals surface area contributed by atoms with Crippen molar-refractivity contribution in [3.05, 3.63) is 29.6 Å². The zero-order chi connectivity index (χ0) is 9.90. The first-order valence-electron chi connectivity index (χ1n) is 3.96. The van der Waals surface area contributed by atoms with E-state index in [4.69, 9.17) is 0 Å². The first-order valence-corrected chi connectivity index (χ1v) is 5.93. The van der Waals surface area contributed by atoms with Crippen molar-refractivity contribution in [2.45, 2.75) is 18.1 Å². The average Bonchev–Trinajstić information content (AvgIpc) is 2.04. The number of rotatable bonds is 3. The molecule has 1 nitrogen and oxygen atoms in total. The van der Waals surface area contributed by atoms with Gasteiger partial charge in [-0.1, -0.05) is 15.3 Å². The molecule has 0 spiro atoms. The number of hydrogen-bond donors (Lipinski definition) is 0. The summed E-state index contributed by atoms with van der Waals surface area (Å²) in [6, 6.07) is 3.65. The third kappa shape index (κ3) is 3.24. The van der Waals surface area contributed by atoms with Crippen molar-refractivity contribution in [1.29, 1.82) is 0 Å². The Kier molecular flexibility index (Phi) is 3.69. The van der Waals surface area contributed by atoms with E-state index in [1.165, 1.54) is 6.92 Å². The van der Waals surface area contributed by atoms with Crippen molar-refractivity contribution in [1.82, 2.24) is 4.98 Å². The van der Waals surface area contributed by atoms with Gasteiger partial charge in [-0.25, -0.2) is 4.39 Å². The lowest BCUT2D eigenvalue weighted by atomic mass is 10.2. The molecule has 0 N–H and O–H groups in total. The van der Waals surface area contributed by atoms with Crippen LogP contribution in [0.3, 0.4) is 0 Å². The molecular weight excluding hydrogens is 204 g/mol. The second-order valence-corrected chi connectivity index (χ2v) is 5.01. The molecule has 0 aliphatic heterocycles. The van der Waals surface area contributed by atoms with E-state index >= 15 is 0 Å². The summed E-state index contributed by atoms with van der Waals surface area (Å²) in [6.07, 6.45) is 3.76. The summed E-state index contributed by atoms with van der Waals surface area (Å²) in [5.74, 6) is 0.924. The Bertz CT molecular complexity index is 268. The van der Waals surface area contributed by atoms with Crippen LogP contribution < -0.4 is 0 Å². The zero-order valence-electron chi connectivity index (χ0n) is 7.75. The largest absolute Gasteiger partial charge is 0.257 e. The number of pyridine rings is 1. The van der Waals surface area contributed by atoms with Crippen molar-refractivity contribution in [3.63, 3.8) is 0 Å². The average molecular weight is 217 g/mol. The van der Waals surface area contributed by atoms with Crippen LogP contribution in [-0.2, 0) is 11.2 Å². The molecule has 72 valence electrons. The molecule has 0 aliphatic rings. The van der Waals surface area contributed by atoms with Gasteiger partial charge in [0.25, 0.3) is 0 Å². The predicted octanol–water partition coefficient (Wildman–Crippen LogP) is 2.96. The molecule has 0 radical (unpaired) electrons. The zero-order valence-corrected chi connectivity index (χ0v) is 9.72. The molecule has 4 heteroatoms. The molecule has 0 saturated carbocycles. The van der Waals surface area contributed by atoms with Gasteiger partial charge >= 0.3 is 0 Å². The number of nitrogens with zero attached hydrogens (tertiary/aromatic N) is 1. The minimum Gasteiger partial charge on any atom is -0.257 e. The molecule has 0 aromatic carbocycles. The van der Waals surface area contributed by atoms with Crippen molar-refractivity contribution >= 4 is 21.0 Å². The fourth-order valence-electron chi connectivity index (χ4n) is 0.966. The quantitative estimate of drug-likeness (QED) is 0.722. The Hall–Kier alpha value is -0.140. The normalized spacial score (nSPS) is 15.4. The van der Waals surface area contributed by atoms with Crippen LogP contribution in [-0.4, -0.2) is 11.2 Å². The van der Waals surface area contributed by atoms with E-state index < -0.39 is 5.41 Å². The summed E-state index contributed by atoms with van der Waals surface area (Å²) in [6.45, 7) is 1.48. The van der Waals surface area contributed by atoms with Crippen LogP contribution >= 0.6 is 21.0 Å². The van der Waals surface area contributed by atoms with E-state index in [0.717, 1.165) is 11.3 Å². The van der Waals surface area contributed by atoms with Gasteiger partial charge in [0.1, 0.15) is 0 Å². The van der Waals surface area contributed by atoms with Crippen LogP contribution in [0.15, 0.2) is 18.3 Å². The van der Waals surface area contributed by atoms with Crippen LogP contribution in [0.25, 0.3) is 0 Å². The minimum atomic E-state index is -1.42. The molecule has 1 aromatic rings. The van der Waals surface area contributed by atoms with E-state index in [1.807, 2.05) is 12.3 Å². The van der Waals surface area contributed by atoms with Crippen LogP contribution in [0.2, 0.25) is 0 Å². The topological polar surface area (TPSA) is 12.9 Å². The summed E-state index contributed by atoms with van der Waals surface area (Å²) in [4.78, 5) is 4.06. The molecule has 1 heterocycles. The highest BCUT2D eigenvalue weighted by Crippen LogP contribution is 2.30. The lowest BCUT2D eigenvalue weighted by molar-refractivity contribution is 0.315. The van der Waals surface area contributed by atoms with Crippen LogP contribution in [0.1, 0.15) is 18.2 Å². The van der Waals surface area contributed by atoms with E-state index in [-0.39, 0.29) is 0 Å². The Labute approximate surface area is 84.7 Å². The minimum absolute atomic E-state index is 0.461. The van der Waals surface area contributed by atoms with Crippen molar-refractivity contribution < 1.29 is 4.39 Å². The van der Waals surface area contributed by atoms with Crippen LogP contribution in [0.5, 0.6) is 0 Å². The first kappa shape index (κ1) is 10.9. The highest BCUT2D eigenvalue weighted by atomic mass is 32.2. The predicted molar refractivity (Wildman–Crippen MR) is 59.6 cm³/mol. The summed E-state index contributed by atoms with van der Waals surface area (Å²) < 4.78 is 13.3. The van der Waals surface area contributed by atoms with E-state index in [0.29, 0.717) is 5.69 Å².